The highest BCUT2D eigenvalue weighted by molar-refractivity contribution is 6.33. The normalized spacial score (nSPS) is 11.4. The Labute approximate surface area is 178 Å². The number of furan rings is 1. The lowest BCUT2D eigenvalue weighted by molar-refractivity contribution is -0.123. The van der Waals surface area contributed by atoms with E-state index in [1.165, 1.54) is 19.9 Å². The SMILES string of the molecule is CC(=O)Nc1ccc(NC(=O)C(C)OC(=O)c2ccc(-c3ccccc3Cl)o2)cc1. The molecule has 2 N–H and O–H groups in total. The van der Waals surface area contributed by atoms with Crippen LogP contribution in [-0.2, 0) is 14.3 Å². The van der Waals surface area contributed by atoms with Crippen molar-refractivity contribution in [1.29, 1.82) is 0 Å². The quantitative estimate of drug-likeness (QED) is 0.554. The summed E-state index contributed by atoms with van der Waals surface area (Å²) < 4.78 is 10.7. The van der Waals surface area contributed by atoms with Gasteiger partial charge in [-0.05, 0) is 55.5 Å². The molecular weight excluding hydrogens is 408 g/mol. The number of ether oxygens (including phenoxy) is 1. The number of hydrogen-bond acceptors (Lipinski definition) is 5. The summed E-state index contributed by atoms with van der Waals surface area (Å²) in [6.07, 6.45) is -1.05. The Kier molecular flexibility index (Phi) is 6.54. The van der Waals surface area contributed by atoms with Crippen LogP contribution in [-0.4, -0.2) is 23.9 Å². The first-order chi connectivity index (χ1) is 14.3. The summed E-state index contributed by atoms with van der Waals surface area (Å²) in [6.45, 7) is 2.86. The van der Waals surface area contributed by atoms with Crippen LogP contribution >= 0.6 is 11.6 Å². The average molecular weight is 427 g/mol. The lowest BCUT2D eigenvalue weighted by Crippen LogP contribution is -2.29. The second kappa shape index (κ2) is 9.28. The average Bonchev–Trinajstić information content (AvgIpc) is 3.19. The van der Waals surface area contributed by atoms with Crippen LogP contribution in [0.4, 0.5) is 11.4 Å². The molecule has 2 aromatic carbocycles. The Morgan fingerprint density at radius 1 is 0.933 bits per heavy atom. The summed E-state index contributed by atoms with van der Waals surface area (Å²) in [5.41, 5.74) is 1.75. The highest BCUT2D eigenvalue weighted by atomic mass is 35.5. The van der Waals surface area contributed by atoms with Crippen molar-refractivity contribution in [3.63, 3.8) is 0 Å². The number of benzene rings is 2. The van der Waals surface area contributed by atoms with E-state index in [4.69, 9.17) is 20.8 Å². The van der Waals surface area contributed by atoms with Gasteiger partial charge in [-0.15, -0.1) is 0 Å². The van der Waals surface area contributed by atoms with Crippen LogP contribution in [0.25, 0.3) is 11.3 Å². The zero-order chi connectivity index (χ0) is 21.7. The predicted octanol–water partition coefficient (Wildman–Crippen LogP) is 4.74. The molecule has 0 fully saturated rings. The summed E-state index contributed by atoms with van der Waals surface area (Å²) in [6, 6.07) is 16.7. The number of carbonyl (C=O) groups is 3. The van der Waals surface area contributed by atoms with E-state index in [9.17, 15) is 14.4 Å². The zero-order valence-corrected chi connectivity index (χ0v) is 17.0. The Balaban J connectivity index is 1.59. The number of rotatable bonds is 6. The minimum absolute atomic E-state index is 0.0378. The Morgan fingerprint density at radius 2 is 1.57 bits per heavy atom. The van der Waals surface area contributed by atoms with E-state index < -0.39 is 18.0 Å². The van der Waals surface area contributed by atoms with Gasteiger partial charge in [-0.25, -0.2) is 4.79 Å². The molecule has 1 atom stereocenters. The van der Waals surface area contributed by atoms with Gasteiger partial charge in [0.2, 0.25) is 11.7 Å². The third kappa shape index (κ3) is 5.27. The van der Waals surface area contributed by atoms with Gasteiger partial charge >= 0.3 is 5.97 Å². The molecule has 0 aliphatic carbocycles. The molecule has 0 aliphatic heterocycles. The molecule has 3 rings (SSSR count). The molecule has 8 heteroatoms. The van der Waals surface area contributed by atoms with Crippen molar-refractivity contribution in [2.75, 3.05) is 10.6 Å². The molecule has 154 valence electrons. The number of amides is 2. The van der Waals surface area contributed by atoms with Gasteiger partial charge in [0.15, 0.2) is 6.10 Å². The van der Waals surface area contributed by atoms with Gasteiger partial charge in [-0.2, -0.15) is 0 Å². The summed E-state index contributed by atoms with van der Waals surface area (Å²) in [5, 5.41) is 5.76. The highest BCUT2D eigenvalue weighted by Crippen LogP contribution is 2.29. The summed E-state index contributed by atoms with van der Waals surface area (Å²) in [4.78, 5) is 35.7. The van der Waals surface area contributed by atoms with Crippen LogP contribution in [0.5, 0.6) is 0 Å². The van der Waals surface area contributed by atoms with E-state index in [1.807, 2.05) is 0 Å². The fourth-order valence-corrected chi connectivity index (χ4v) is 2.84. The van der Waals surface area contributed by atoms with E-state index >= 15 is 0 Å². The molecule has 3 aromatic rings. The molecule has 0 bridgehead atoms. The number of nitrogens with one attached hydrogen (secondary N) is 2. The molecule has 0 spiro atoms. The standard InChI is InChI=1S/C22H19ClN2O5/c1-13(21(27)25-16-9-7-15(8-10-16)24-14(2)26)29-22(28)20-12-11-19(30-20)17-5-3-4-6-18(17)23/h3-13H,1-2H3,(H,24,26)(H,25,27). The minimum Gasteiger partial charge on any atom is -0.449 e. The Bertz CT molecular complexity index is 1080. The molecule has 0 saturated carbocycles. The molecule has 0 saturated heterocycles. The fourth-order valence-electron chi connectivity index (χ4n) is 2.61. The minimum atomic E-state index is -1.05. The molecule has 1 unspecified atom stereocenters. The van der Waals surface area contributed by atoms with E-state index in [2.05, 4.69) is 10.6 Å². The fraction of sp³-hybridized carbons (Fsp3) is 0.136. The molecule has 2 amide bonds. The van der Waals surface area contributed by atoms with Crippen molar-refractivity contribution < 1.29 is 23.5 Å². The van der Waals surface area contributed by atoms with Crippen molar-refractivity contribution in [2.24, 2.45) is 0 Å². The van der Waals surface area contributed by atoms with Gasteiger partial charge in [0.1, 0.15) is 5.76 Å². The summed E-state index contributed by atoms with van der Waals surface area (Å²) >= 11 is 6.14. The van der Waals surface area contributed by atoms with Gasteiger partial charge < -0.3 is 19.8 Å². The van der Waals surface area contributed by atoms with Crippen LogP contribution in [0.1, 0.15) is 24.4 Å². The number of hydrogen-bond donors (Lipinski definition) is 2. The van der Waals surface area contributed by atoms with Crippen molar-refractivity contribution in [2.45, 2.75) is 20.0 Å². The van der Waals surface area contributed by atoms with Gasteiger partial charge in [-0.3, -0.25) is 9.59 Å². The van der Waals surface area contributed by atoms with Crippen molar-refractivity contribution in [3.8, 4) is 11.3 Å². The summed E-state index contributed by atoms with van der Waals surface area (Å²) in [5.74, 6) is -1.08. The maximum Gasteiger partial charge on any atom is 0.375 e. The second-order valence-corrected chi connectivity index (χ2v) is 6.85. The van der Waals surface area contributed by atoms with Crippen LogP contribution in [0, 0.1) is 0 Å². The molecular formula is C22H19ClN2O5. The maximum atomic E-state index is 12.3. The smallest absolute Gasteiger partial charge is 0.375 e. The van der Waals surface area contributed by atoms with Crippen molar-refractivity contribution >= 4 is 40.8 Å². The first kappa shape index (κ1) is 21.1. The van der Waals surface area contributed by atoms with E-state index in [0.29, 0.717) is 27.7 Å². The van der Waals surface area contributed by atoms with Crippen LogP contribution in [0.15, 0.2) is 65.1 Å². The number of carbonyl (C=O) groups excluding carboxylic acids is 3. The third-order valence-corrected chi connectivity index (χ3v) is 4.40. The molecule has 0 radical (unpaired) electrons. The van der Waals surface area contributed by atoms with Gasteiger partial charge in [0.25, 0.3) is 5.91 Å². The van der Waals surface area contributed by atoms with Crippen LogP contribution in [0.3, 0.4) is 0 Å². The Hall–Kier alpha value is -3.58. The molecule has 0 aliphatic rings. The highest BCUT2D eigenvalue weighted by Gasteiger charge is 2.22. The number of anilines is 2. The number of halogens is 1. The summed E-state index contributed by atoms with van der Waals surface area (Å²) in [7, 11) is 0. The second-order valence-electron chi connectivity index (χ2n) is 6.44. The van der Waals surface area contributed by atoms with Gasteiger partial charge in [0.05, 0.1) is 5.02 Å². The van der Waals surface area contributed by atoms with E-state index in [-0.39, 0.29) is 11.7 Å². The van der Waals surface area contributed by atoms with Gasteiger partial charge in [-0.1, -0.05) is 23.7 Å². The zero-order valence-electron chi connectivity index (χ0n) is 16.3. The molecule has 1 aromatic heterocycles. The lowest BCUT2D eigenvalue weighted by atomic mass is 10.2. The largest absolute Gasteiger partial charge is 0.449 e. The van der Waals surface area contributed by atoms with Crippen LogP contribution in [0.2, 0.25) is 5.02 Å². The lowest BCUT2D eigenvalue weighted by Gasteiger charge is -2.13. The first-order valence-corrected chi connectivity index (χ1v) is 9.45. The van der Waals surface area contributed by atoms with Crippen molar-refractivity contribution in [3.05, 3.63) is 71.4 Å². The Morgan fingerprint density at radius 3 is 2.20 bits per heavy atom. The van der Waals surface area contributed by atoms with Crippen molar-refractivity contribution in [1.82, 2.24) is 0 Å². The van der Waals surface area contributed by atoms with Crippen LogP contribution < -0.4 is 10.6 Å². The molecule has 30 heavy (non-hydrogen) atoms. The van der Waals surface area contributed by atoms with E-state index in [1.54, 1.807) is 54.6 Å². The topological polar surface area (TPSA) is 97.6 Å². The monoisotopic (exact) mass is 426 g/mol. The molecule has 7 nitrogen and oxygen atoms in total. The molecule has 1 heterocycles. The first-order valence-electron chi connectivity index (χ1n) is 9.07. The number of esters is 1. The van der Waals surface area contributed by atoms with Gasteiger partial charge in [0, 0.05) is 23.9 Å². The maximum absolute atomic E-state index is 12.3. The predicted molar refractivity (Wildman–Crippen MR) is 113 cm³/mol. The van der Waals surface area contributed by atoms with E-state index in [0.717, 1.165) is 0 Å². The third-order valence-electron chi connectivity index (χ3n) is 4.07.